The van der Waals surface area contributed by atoms with Gasteiger partial charge in [-0.25, -0.2) is 14.8 Å². The molecule has 9 heteroatoms. The first-order chi connectivity index (χ1) is 10.1. The summed E-state index contributed by atoms with van der Waals surface area (Å²) in [6, 6.07) is 1.38. The van der Waals surface area contributed by atoms with Gasteiger partial charge in [0.15, 0.2) is 0 Å². The van der Waals surface area contributed by atoms with Crippen LogP contribution in [0.4, 0.5) is 11.8 Å². The second-order valence-corrected chi connectivity index (χ2v) is 5.08. The molecule has 0 unspecified atom stereocenters. The Morgan fingerprint density at radius 3 is 2.24 bits per heavy atom. The van der Waals surface area contributed by atoms with Gasteiger partial charge in [0.2, 0.25) is 5.95 Å². The monoisotopic (exact) mass is 308 g/mol. The summed E-state index contributed by atoms with van der Waals surface area (Å²) >= 11 is 5.77. The molecule has 1 aliphatic rings. The van der Waals surface area contributed by atoms with Crippen LogP contribution in [0, 0.1) is 0 Å². The first kappa shape index (κ1) is 13.6. The van der Waals surface area contributed by atoms with Crippen molar-refractivity contribution >= 4 is 23.4 Å². The summed E-state index contributed by atoms with van der Waals surface area (Å²) in [6.07, 6.45) is 3.12. The van der Waals surface area contributed by atoms with E-state index in [0.717, 1.165) is 0 Å². The second kappa shape index (κ2) is 5.57. The van der Waals surface area contributed by atoms with Crippen molar-refractivity contribution in [2.75, 3.05) is 36.0 Å². The topological polar surface area (TPSA) is 98.0 Å². The van der Waals surface area contributed by atoms with Crippen LogP contribution in [-0.2, 0) is 0 Å². The second-order valence-electron chi connectivity index (χ2n) is 4.65. The molecule has 2 N–H and O–H groups in total. The number of rotatable bonds is 2. The van der Waals surface area contributed by atoms with E-state index in [1.165, 1.54) is 6.07 Å². The molecule has 0 aromatic carbocycles. The van der Waals surface area contributed by atoms with E-state index in [0.29, 0.717) is 43.0 Å². The number of halogens is 1. The van der Waals surface area contributed by atoms with E-state index in [4.69, 9.17) is 11.6 Å². The fraction of sp³-hybridized carbons (Fsp3) is 0.333. The van der Waals surface area contributed by atoms with E-state index in [9.17, 15) is 9.59 Å². The van der Waals surface area contributed by atoms with Crippen molar-refractivity contribution < 1.29 is 0 Å². The summed E-state index contributed by atoms with van der Waals surface area (Å²) in [7, 11) is 0. The van der Waals surface area contributed by atoms with Gasteiger partial charge in [-0.05, 0) is 0 Å². The Morgan fingerprint density at radius 1 is 1.00 bits per heavy atom. The molecule has 0 aliphatic carbocycles. The van der Waals surface area contributed by atoms with E-state index in [2.05, 4.69) is 19.9 Å². The van der Waals surface area contributed by atoms with Crippen LogP contribution >= 0.6 is 11.6 Å². The summed E-state index contributed by atoms with van der Waals surface area (Å²) in [6.45, 7) is 2.70. The van der Waals surface area contributed by atoms with Crippen molar-refractivity contribution in [1.82, 2.24) is 19.9 Å². The highest BCUT2D eigenvalue weighted by atomic mass is 35.5. The predicted octanol–water partition coefficient (Wildman–Crippen LogP) is -0.167. The van der Waals surface area contributed by atoms with Gasteiger partial charge in [0.1, 0.15) is 5.82 Å². The largest absolute Gasteiger partial charge is 0.354 e. The maximum absolute atomic E-state index is 11.3. The Bertz CT molecular complexity index is 704. The first-order valence-corrected chi connectivity index (χ1v) is 6.81. The minimum absolute atomic E-state index is 0.405. The number of aromatic nitrogens is 4. The first-order valence-electron chi connectivity index (χ1n) is 6.43. The predicted molar refractivity (Wildman–Crippen MR) is 79.2 cm³/mol. The Labute approximate surface area is 124 Å². The van der Waals surface area contributed by atoms with Crippen LogP contribution in [0.2, 0.25) is 5.02 Å². The number of piperazine rings is 1. The maximum Gasteiger partial charge on any atom is 0.327 e. The van der Waals surface area contributed by atoms with Crippen molar-refractivity contribution in [1.29, 1.82) is 0 Å². The highest BCUT2D eigenvalue weighted by Crippen LogP contribution is 2.15. The lowest BCUT2D eigenvalue weighted by molar-refractivity contribution is 0.632. The zero-order valence-corrected chi connectivity index (χ0v) is 11.8. The van der Waals surface area contributed by atoms with E-state index in [1.54, 1.807) is 12.4 Å². The molecule has 8 nitrogen and oxygen atoms in total. The van der Waals surface area contributed by atoms with E-state index in [-0.39, 0.29) is 0 Å². The van der Waals surface area contributed by atoms with E-state index in [1.807, 2.05) is 9.80 Å². The van der Waals surface area contributed by atoms with Crippen LogP contribution in [0.1, 0.15) is 0 Å². The molecular formula is C12H13ClN6O2. The third-order valence-corrected chi connectivity index (χ3v) is 3.45. The molecule has 110 valence electrons. The number of H-pyrrole nitrogens is 2. The van der Waals surface area contributed by atoms with Crippen LogP contribution in [-0.4, -0.2) is 46.1 Å². The van der Waals surface area contributed by atoms with Gasteiger partial charge in [-0.2, -0.15) is 0 Å². The quantitative estimate of drug-likeness (QED) is 0.799. The Balaban J connectivity index is 1.71. The van der Waals surface area contributed by atoms with Gasteiger partial charge in [0.25, 0.3) is 5.56 Å². The normalized spacial score (nSPS) is 15.3. The van der Waals surface area contributed by atoms with Gasteiger partial charge in [-0.3, -0.25) is 14.8 Å². The third-order valence-electron chi connectivity index (χ3n) is 3.26. The lowest BCUT2D eigenvalue weighted by atomic mass is 10.3. The van der Waals surface area contributed by atoms with E-state index >= 15 is 0 Å². The number of hydrogen-bond donors (Lipinski definition) is 2. The number of anilines is 2. The molecule has 3 heterocycles. The fourth-order valence-corrected chi connectivity index (χ4v) is 2.34. The van der Waals surface area contributed by atoms with Crippen LogP contribution in [0.15, 0.2) is 28.0 Å². The Hall–Kier alpha value is -2.35. The van der Waals surface area contributed by atoms with Crippen molar-refractivity contribution in [3.8, 4) is 0 Å². The lowest BCUT2D eigenvalue weighted by Crippen LogP contribution is -2.48. The molecule has 0 atom stereocenters. The van der Waals surface area contributed by atoms with Crippen molar-refractivity contribution in [2.45, 2.75) is 0 Å². The highest BCUT2D eigenvalue weighted by Gasteiger charge is 2.19. The summed E-state index contributed by atoms with van der Waals surface area (Å²) in [5.74, 6) is 1.15. The van der Waals surface area contributed by atoms with Crippen molar-refractivity contribution in [2.24, 2.45) is 0 Å². The van der Waals surface area contributed by atoms with Gasteiger partial charge < -0.3 is 9.80 Å². The molecule has 0 radical (unpaired) electrons. The highest BCUT2D eigenvalue weighted by molar-refractivity contribution is 6.30. The number of hydrogen-bond acceptors (Lipinski definition) is 6. The zero-order chi connectivity index (χ0) is 14.8. The molecule has 1 fully saturated rings. The zero-order valence-electron chi connectivity index (χ0n) is 11.0. The van der Waals surface area contributed by atoms with Gasteiger partial charge in [0, 0.05) is 32.2 Å². The smallest absolute Gasteiger partial charge is 0.327 e. The van der Waals surface area contributed by atoms with Crippen molar-refractivity contribution in [3.63, 3.8) is 0 Å². The molecule has 0 bridgehead atoms. The van der Waals surface area contributed by atoms with Crippen LogP contribution in [0.5, 0.6) is 0 Å². The number of nitrogens with one attached hydrogen (secondary N) is 2. The summed E-state index contributed by atoms with van der Waals surface area (Å²) in [4.78, 5) is 39.7. The average Bonchev–Trinajstić information content (AvgIpc) is 2.47. The molecule has 0 amide bonds. The summed E-state index contributed by atoms with van der Waals surface area (Å²) in [5, 5.41) is 0.499. The van der Waals surface area contributed by atoms with Gasteiger partial charge >= 0.3 is 5.69 Å². The average molecular weight is 309 g/mol. The molecule has 0 saturated carbocycles. The lowest BCUT2D eigenvalue weighted by Gasteiger charge is -2.35. The molecule has 1 saturated heterocycles. The molecule has 3 rings (SSSR count). The fourth-order valence-electron chi connectivity index (χ4n) is 2.24. The van der Waals surface area contributed by atoms with Gasteiger partial charge in [-0.1, -0.05) is 11.6 Å². The Kier molecular flexibility index (Phi) is 3.61. The van der Waals surface area contributed by atoms with Gasteiger partial charge in [-0.15, -0.1) is 0 Å². The van der Waals surface area contributed by atoms with Gasteiger partial charge in [0.05, 0.1) is 17.4 Å². The summed E-state index contributed by atoms with van der Waals surface area (Å²) < 4.78 is 0. The molecule has 21 heavy (non-hydrogen) atoms. The molecule has 2 aromatic heterocycles. The molecule has 1 aliphatic heterocycles. The SMILES string of the molecule is O=c1cc(N2CCN(c3ncc(Cl)cn3)CC2)[nH]c(=O)[nH]1. The van der Waals surface area contributed by atoms with E-state index < -0.39 is 11.2 Å². The van der Waals surface area contributed by atoms with Crippen molar-refractivity contribution in [3.05, 3.63) is 44.3 Å². The third kappa shape index (κ3) is 3.05. The summed E-state index contributed by atoms with van der Waals surface area (Å²) in [5.41, 5.74) is -0.904. The van der Waals surface area contributed by atoms with Crippen LogP contribution in [0.25, 0.3) is 0 Å². The minimum Gasteiger partial charge on any atom is -0.354 e. The Morgan fingerprint density at radius 2 is 1.62 bits per heavy atom. The molecule has 0 spiro atoms. The minimum atomic E-state index is -0.499. The molecule has 2 aromatic rings. The molecular weight excluding hydrogens is 296 g/mol. The van der Waals surface area contributed by atoms with Crippen LogP contribution < -0.4 is 21.0 Å². The standard InChI is InChI=1S/C12H13ClN6O2/c13-8-6-14-11(15-7-8)19-3-1-18(2-4-19)9-5-10(20)17-12(21)16-9/h5-7H,1-4H2,(H2,16,17,20,21). The maximum atomic E-state index is 11.3. The number of nitrogens with zero attached hydrogens (tertiary/aromatic N) is 4. The number of aromatic amines is 2. The van der Waals surface area contributed by atoms with Crippen LogP contribution in [0.3, 0.4) is 0 Å².